The first-order valence-electron chi connectivity index (χ1n) is 5.24. The molecule has 0 spiro atoms. The number of pyridine rings is 1. The van der Waals surface area contributed by atoms with Gasteiger partial charge < -0.3 is 11.1 Å². The number of nitrogens with two attached hydrogens (primary N) is 1. The molecule has 0 bridgehead atoms. The molecule has 14 heavy (non-hydrogen) atoms. The second kappa shape index (κ2) is 3.96. The Bertz CT molecular complexity index is 278. The lowest BCUT2D eigenvalue weighted by Crippen LogP contribution is -2.42. The van der Waals surface area contributed by atoms with Gasteiger partial charge in [-0.1, -0.05) is 18.9 Å². The van der Waals surface area contributed by atoms with Crippen LogP contribution < -0.4 is 11.1 Å². The van der Waals surface area contributed by atoms with Crippen LogP contribution in [0.1, 0.15) is 25.7 Å². The molecule has 0 saturated heterocycles. The Morgan fingerprint density at radius 3 is 2.71 bits per heavy atom. The molecular weight excluding hydrogens is 174 g/mol. The van der Waals surface area contributed by atoms with Crippen LogP contribution in [0.25, 0.3) is 0 Å². The topological polar surface area (TPSA) is 50.9 Å². The quantitative estimate of drug-likeness (QED) is 0.765. The van der Waals surface area contributed by atoms with Gasteiger partial charge in [-0.15, -0.1) is 0 Å². The molecule has 1 fully saturated rings. The molecule has 76 valence electrons. The van der Waals surface area contributed by atoms with Gasteiger partial charge in [0.2, 0.25) is 0 Å². The first-order valence-corrected chi connectivity index (χ1v) is 5.24. The minimum Gasteiger partial charge on any atom is -0.363 e. The Morgan fingerprint density at radius 1 is 1.36 bits per heavy atom. The van der Waals surface area contributed by atoms with Crippen molar-refractivity contribution in [2.24, 2.45) is 5.73 Å². The van der Waals surface area contributed by atoms with Crippen LogP contribution in [-0.2, 0) is 0 Å². The lowest BCUT2D eigenvalue weighted by atomic mass is 9.98. The van der Waals surface area contributed by atoms with Gasteiger partial charge in [-0.2, -0.15) is 0 Å². The number of hydrogen-bond donors (Lipinski definition) is 2. The van der Waals surface area contributed by atoms with Gasteiger partial charge in [0.15, 0.2) is 0 Å². The van der Waals surface area contributed by atoms with E-state index in [0.29, 0.717) is 6.54 Å². The molecule has 0 atom stereocenters. The summed E-state index contributed by atoms with van der Waals surface area (Å²) in [6.07, 6.45) is 6.69. The van der Waals surface area contributed by atoms with Gasteiger partial charge in [0.1, 0.15) is 5.82 Å². The zero-order valence-corrected chi connectivity index (χ0v) is 8.37. The minimum atomic E-state index is 0.106. The van der Waals surface area contributed by atoms with E-state index in [4.69, 9.17) is 5.73 Å². The van der Waals surface area contributed by atoms with E-state index in [9.17, 15) is 0 Å². The van der Waals surface area contributed by atoms with E-state index >= 15 is 0 Å². The first-order chi connectivity index (χ1) is 6.85. The molecule has 0 aliphatic heterocycles. The van der Waals surface area contributed by atoms with E-state index in [2.05, 4.69) is 10.3 Å². The van der Waals surface area contributed by atoms with Gasteiger partial charge in [-0.05, 0) is 25.0 Å². The molecule has 1 aromatic heterocycles. The Balaban J connectivity index is 2.08. The number of nitrogens with zero attached hydrogens (tertiary/aromatic N) is 1. The number of anilines is 1. The van der Waals surface area contributed by atoms with Crippen LogP contribution in [0.15, 0.2) is 24.4 Å². The lowest BCUT2D eigenvalue weighted by Gasteiger charge is -2.29. The summed E-state index contributed by atoms with van der Waals surface area (Å²) in [7, 11) is 0. The van der Waals surface area contributed by atoms with Gasteiger partial charge in [0.25, 0.3) is 0 Å². The van der Waals surface area contributed by atoms with E-state index in [0.717, 1.165) is 5.82 Å². The molecule has 1 aromatic rings. The predicted octanol–water partition coefficient (Wildman–Crippen LogP) is 1.76. The third-order valence-electron chi connectivity index (χ3n) is 3.01. The van der Waals surface area contributed by atoms with Crippen LogP contribution in [0, 0.1) is 0 Å². The van der Waals surface area contributed by atoms with Crippen molar-refractivity contribution in [3.8, 4) is 0 Å². The van der Waals surface area contributed by atoms with Crippen LogP contribution >= 0.6 is 0 Å². The second-order valence-electron chi connectivity index (χ2n) is 4.03. The molecule has 0 aromatic carbocycles. The maximum absolute atomic E-state index is 5.83. The SMILES string of the molecule is NCC1(Nc2ccccn2)CCCC1. The van der Waals surface area contributed by atoms with Crippen LogP contribution in [0.2, 0.25) is 0 Å². The Kier molecular flexibility index (Phi) is 2.68. The average Bonchev–Trinajstić information content (AvgIpc) is 2.69. The highest BCUT2D eigenvalue weighted by atomic mass is 15.1. The largest absolute Gasteiger partial charge is 0.363 e. The molecule has 0 amide bonds. The maximum atomic E-state index is 5.83. The predicted molar refractivity (Wildman–Crippen MR) is 58.1 cm³/mol. The Hall–Kier alpha value is -1.09. The zero-order valence-electron chi connectivity index (χ0n) is 8.37. The normalized spacial score (nSPS) is 19.5. The number of hydrogen-bond acceptors (Lipinski definition) is 3. The molecule has 3 N–H and O–H groups in total. The van der Waals surface area contributed by atoms with Gasteiger partial charge >= 0.3 is 0 Å². The van der Waals surface area contributed by atoms with Crippen molar-refractivity contribution in [3.05, 3.63) is 24.4 Å². The first kappa shape index (κ1) is 9.46. The highest BCUT2D eigenvalue weighted by Crippen LogP contribution is 2.31. The number of nitrogens with one attached hydrogen (secondary N) is 1. The highest BCUT2D eigenvalue weighted by Gasteiger charge is 2.32. The summed E-state index contributed by atoms with van der Waals surface area (Å²) in [5, 5.41) is 3.47. The van der Waals surface area contributed by atoms with Crippen LogP contribution in [0.4, 0.5) is 5.82 Å². The fourth-order valence-corrected chi connectivity index (χ4v) is 2.14. The van der Waals surface area contributed by atoms with Crippen molar-refractivity contribution in [1.29, 1.82) is 0 Å². The molecule has 1 aliphatic rings. The van der Waals surface area contributed by atoms with Gasteiger partial charge in [0.05, 0.1) is 5.54 Å². The number of aromatic nitrogens is 1. The fourth-order valence-electron chi connectivity index (χ4n) is 2.14. The molecule has 2 rings (SSSR count). The summed E-state index contributed by atoms with van der Waals surface area (Å²) in [5.74, 6) is 0.944. The zero-order chi connectivity index (χ0) is 9.86. The van der Waals surface area contributed by atoms with E-state index < -0.39 is 0 Å². The second-order valence-corrected chi connectivity index (χ2v) is 4.03. The molecular formula is C11H17N3. The van der Waals surface area contributed by atoms with Crippen molar-refractivity contribution in [2.75, 3.05) is 11.9 Å². The monoisotopic (exact) mass is 191 g/mol. The Morgan fingerprint density at radius 2 is 2.14 bits per heavy atom. The lowest BCUT2D eigenvalue weighted by molar-refractivity contribution is 0.491. The van der Waals surface area contributed by atoms with Crippen molar-refractivity contribution in [3.63, 3.8) is 0 Å². The van der Waals surface area contributed by atoms with E-state index in [-0.39, 0.29) is 5.54 Å². The molecule has 3 heteroatoms. The molecule has 1 heterocycles. The van der Waals surface area contributed by atoms with Crippen molar-refractivity contribution >= 4 is 5.82 Å². The highest BCUT2D eigenvalue weighted by molar-refractivity contribution is 5.37. The molecule has 0 radical (unpaired) electrons. The minimum absolute atomic E-state index is 0.106. The van der Waals surface area contributed by atoms with Crippen molar-refractivity contribution < 1.29 is 0 Å². The van der Waals surface area contributed by atoms with E-state index in [1.165, 1.54) is 25.7 Å². The summed E-state index contributed by atoms with van der Waals surface area (Å²) in [4.78, 5) is 4.27. The van der Waals surface area contributed by atoms with Gasteiger partial charge in [-0.25, -0.2) is 4.98 Å². The average molecular weight is 191 g/mol. The van der Waals surface area contributed by atoms with Gasteiger partial charge in [0, 0.05) is 12.7 Å². The summed E-state index contributed by atoms with van der Waals surface area (Å²) in [6, 6.07) is 5.92. The maximum Gasteiger partial charge on any atom is 0.126 e. The summed E-state index contributed by atoms with van der Waals surface area (Å²) in [5.41, 5.74) is 5.93. The van der Waals surface area contributed by atoms with Gasteiger partial charge in [-0.3, -0.25) is 0 Å². The van der Waals surface area contributed by atoms with Crippen molar-refractivity contribution in [1.82, 2.24) is 4.98 Å². The van der Waals surface area contributed by atoms with Crippen molar-refractivity contribution in [2.45, 2.75) is 31.2 Å². The summed E-state index contributed by atoms with van der Waals surface area (Å²) in [6.45, 7) is 0.698. The van der Waals surface area contributed by atoms with Crippen LogP contribution in [-0.4, -0.2) is 17.1 Å². The number of rotatable bonds is 3. The third-order valence-corrected chi connectivity index (χ3v) is 3.01. The Labute approximate surface area is 84.7 Å². The standard InChI is InChI=1S/C11H17N3/c12-9-11(6-2-3-7-11)14-10-5-1-4-8-13-10/h1,4-5,8H,2-3,6-7,9,12H2,(H,13,14). The summed E-state index contributed by atoms with van der Waals surface area (Å²) < 4.78 is 0. The summed E-state index contributed by atoms with van der Waals surface area (Å²) >= 11 is 0. The van der Waals surface area contributed by atoms with Crippen LogP contribution in [0.5, 0.6) is 0 Å². The fraction of sp³-hybridized carbons (Fsp3) is 0.545. The third kappa shape index (κ3) is 1.87. The molecule has 1 saturated carbocycles. The molecule has 3 nitrogen and oxygen atoms in total. The molecule has 0 unspecified atom stereocenters. The van der Waals surface area contributed by atoms with E-state index in [1.807, 2.05) is 24.4 Å². The van der Waals surface area contributed by atoms with Crippen LogP contribution in [0.3, 0.4) is 0 Å². The molecule has 1 aliphatic carbocycles. The van der Waals surface area contributed by atoms with E-state index in [1.54, 1.807) is 0 Å². The smallest absolute Gasteiger partial charge is 0.126 e.